The van der Waals surface area contributed by atoms with E-state index in [1.807, 2.05) is 4.72 Å². The Bertz CT molecular complexity index is 1100. The van der Waals surface area contributed by atoms with Gasteiger partial charge in [-0.25, -0.2) is 14.5 Å². The van der Waals surface area contributed by atoms with Crippen LogP contribution in [0.2, 0.25) is 0 Å². The number of nitrogens with zero attached hydrogens (tertiary/aromatic N) is 5. The van der Waals surface area contributed by atoms with Gasteiger partial charge in [0.05, 0.1) is 7.11 Å². The van der Waals surface area contributed by atoms with Gasteiger partial charge in [-0.15, -0.1) is 0 Å². The number of imidazole rings is 1. The van der Waals surface area contributed by atoms with Gasteiger partial charge in [-0.3, -0.25) is 9.72 Å². The van der Waals surface area contributed by atoms with Gasteiger partial charge in [0.15, 0.2) is 5.03 Å². The largest absolute Gasteiger partial charge is 0.467 e. The summed E-state index contributed by atoms with van der Waals surface area (Å²) in [7, 11) is -2.88. The van der Waals surface area contributed by atoms with Gasteiger partial charge in [0.25, 0.3) is 10.0 Å². The van der Waals surface area contributed by atoms with Crippen molar-refractivity contribution in [2.45, 2.75) is 11.9 Å². The van der Waals surface area contributed by atoms with Crippen molar-refractivity contribution in [1.82, 2.24) is 29.1 Å². The summed E-state index contributed by atoms with van der Waals surface area (Å²) in [6.07, 6.45) is 1.51. The van der Waals surface area contributed by atoms with Crippen LogP contribution >= 0.6 is 15.9 Å². The zero-order chi connectivity index (χ0) is 18.9. The van der Waals surface area contributed by atoms with Crippen LogP contribution in [0, 0.1) is 6.92 Å². The van der Waals surface area contributed by atoms with E-state index in [2.05, 4.69) is 41.2 Å². The first-order valence-corrected chi connectivity index (χ1v) is 9.31. The molecular formula is C13H12BrN7O4S. The molecule has 2 N–H and O–H groups in total. The molecule has 0 aliphatic heterocycles. The number of urea groups is 1. The van der Waals surface area contributed by atoms with Gasteiger partial charge in [-0.2, -0.15) is 23.4 Å². The summed E-state index contributed by atoms with van der Waals surface area (Å²) in [5.41, 5.74) is 0.401. The highest BCUT2D eigenvalue weighted by atomic mass is 79.9. The number of aromatic nitrogens is 5. The SMILES string of the molecule is COc1nc(C)nc(NC(=O)NS(=O)(=O)c2c(Br)nc3ccccn23)n1. The Balaban J connectivity index is 1.86. The summed E-state index contributed by atoms with van der Waals surface area (Å²) < 4.78 is 33.3. The van der Waals surface area contributed by atoms with Crippen LogP contribution < -0.4 is 14.8 Å². The number of anilines is 1. The number of pyridine rings is 1. The molecule has 0 aliphatic rings. The third-order valence-corrected chi connectivity index (χ3v) is 5.23. The summed E-state index contributed by atoms with van der Waals surface area (Å²) in [6, 6.07) is 3.92. The van der Waals surface area contributed by atoms with Crippen LogP contribution in [0.1, 0.15) is 5.82 Å². The molecule has 0 saturated heterocycles. The van der Waals surface area contributed by atoms with Crippen LogP contribution in [0.3, 0.4) is 0 Å². The molecule has 0 atom stereocenters. The molecule has 3 aromatic heterocycles. The van der Waals surface area contributed by atoms with E-state index in [0.29, 0.717) is 11.5 Å². The number of hydrogen-bond acceptors (Lipinski definition) is 8. The van der Waals surface area contributed by atoms with E-state index in [-0.39, 0.29) is 21.6 Å². The number of aryl methyl sites for hydroxylation is 1. The number of carbonyl (C=O) groups is 1. The standard InChI is InChI=1S/C13H12BrN7O4S/c1-7-15-11(19-13(16-7)25-2)18-12(22)20-26(23,24)10-9(14)17-8-5-3-4-6-21(8)10/h3-6H,1-2H3,(H2,15,16,18,19,20,22). The minimum Gasteiger partial charge on any atom is -0.467 e. The number of halogens is 1. The maximum Gasteiger partial charge on any atom is 0.335 e. The van der Waals surface area contributed by atoms with Crippen molar-refractivity contribution in [3.63, 3.8) is 0 Å². The Kier molecular flexibility index (Phi) is 4.73. The molecule has 3 heterocycles. The van der Waals surface area contributed by atoms with Crippen molar-refractivity contribution in [3.8, 4) is 6.01 Å². The normalized spacial score (nSPS) is 11.3. The summed E-state index contributed by atoms with van der Waals surface area (Å²) in [5.74, 6) is 0.138. The van der Waals surface area contributed by atoms with Gasteiger partial charge in [-0.05, 0) is 35.0 Å². The zero-order valence-electron chi connectivity index (χ0n) is 13.5. The summed E-state index contributed by atoms with van der Waals surface area (Å²) in [4.78, 5) is 27.7. The van der Waals surface area contributed by atoms with Crippen molar-refractivity contribution in [3.05, 3.63) is 34.8 Å². The van der Waals surface area contributed by atoms with Crippen LogP contribution in [0.4, 0.5) is 10.7 Å². The van der Waals surface area contributed by atoms with Crippen LogP contribution in [-0.2, 0) is 10.0 Å². The van der Waals surface area contributed by atoms with Crippen LogP contribution in [0.25, 0.3) is 5.65 Å². The van der Waals surface area contributed by atoms with Crippen molar-refractivity contribution in [1.29, 1.82) is 0 Å². The molecule has 0 bridgehead atoms. The number of hydrogen-bond donors (Lipinski definition) is 2. The fraction of sp³-hybridized carbons (Fsp3) is 0.154. The summed E-state index contributed by atoms with van der Waals surface area (Å²) in [6.45, 7) is 1.57. The molecule has 0 saturated carbocycles. The third kappa shape index (κ3) is 3.57. The smallest absolute Gasteiger partial charge is 0.335 e. The molecule has 0 unspecified atom stereocenters. The molecule has 136 valence electrons. The first-order valence-electron chi connectivity index (χ1n) is 7.03. The number of nitrogens with one attached hydrogen (secondary N) is 2. The highest BCUT2D eigenvalue weighted by Crippen LogP contribution is 2.22. The number of carbonyl (C=O) groups excluding carboxylic acids is 1. The molecule has 13 heteroatoms. The van der Waals surface area contributed by atoms with Crippen LogP contribution in [-0.4, -0.2) is 45.9 Å². The molecule has 11 nitrogen and oxygen atoms in total. The summed E-state index contributed by atoms with van der Waals surface area (Å²) >= 11 is 3.10. The maximum absolute atomic E-state index is 12.6. The highest BCUT2D eigenvalue weighted by Gasteiger charge is 2.26. The zero-order valence-corrected chi connectivity index (χ0v) is 15.9. The average Bonchev–Trinajstić information content (AvgIpc) is 2.89. The predicted molar refractivity (Wildman–Crippen MR) is 93.3 cm³/mol. The van der Waals surface area contributed by atoms with Crippen molar-refractivity contribution < 1.29 is 17.9 Å². The Morgan fingerprint density at radius 1 is 1.23 bits per heavy atom. The minimum atomic E-state index is -4.23. The molecule has 0 spiro atoms. The lowest BCUT2D eigenvalue weighted by atomic mass is 10.5. The second kappa shape index (κ2) is 6.84. The van der Waals surface area contributed by atoms with Gasteiger partial charge in [0.2, 0.25) is 5.95 Å². The van der Waals surface area contributed by atoms with Gasteiger partial charge in [0, 0.05) is 6.20 Å². The Labute approximate surface area is 156 Å². The minimum absolute atomic E-state index is 0.0137. The second-order valence-electron chi connectivity index (χ2n) is 4.89. The monoisotopic (exact) mass is 441 g/mol. The Morgan fingerprint density at radius 2 is 2.00 bits per heavy atom. The molecule has 0 aromatic carbocycles. The fourth-order valence-electron chi connectivity index (χ4n) is 2.09. The molecule has 26 heavy (non-hydrogen) atoms. The summed E-state index contributed by atoms with van der Waals surface area (Å²) in [5, 5.41) is 2.01. The fourth-order valence-corrected chi connectivity index (χ4v) is 4.17. The van der Waals surface area contributed by atoms with Gasteiger partial charge < -0.3 is 4.74 Å². The second-order valence-corrected chi connectivity index (χ2v) is 7.24. The lowest BCUT2D eigenvalue weighted by Gasteiger charge is -2.08. The van der Waals surface area contributed by atoms with Gasteiger partial charge in [0.1, 0.15) is 16.1 Å². The van der Waals surface area contributed by atoms with Gasteiger partial charge >= 0.3 is 12.0 Å². The van der Waals surface area contributed by atoms with Crippen LogP contribution in [0.5, 0.6) is 6.01 Å². The van der Waals surface area contributed by atoms with Gasteiger partial charge in [-0.1, -0.05) is 6.07 Å². The maximum atomic E-state index is 12.6. The van der Waals surface area contributed by atoms with E-state index >= 15 is 0 Å². The lowest BCUT2D eigenvalue weighted by molar-refractivity contribution is 0.256. The van der Waals surface area contributed by atoms with Crippen LogP contribution in [0.15, 0.2) is 34.0 Å². The average molecular weight is 442 g/mol. The van der Waals surface area contributed by atoms with E-state index in [0.717, 1.165) is 0 Å². The van der Waals surface area contributed by atoms with Crippen molar-refractivity contribution in [2.75, 3.05) is 12.4 Å². The first kappa shape index (κ1) is 18.0. The molecule has 0 fully saturated rings. The number of amides is 2. The van der Waals surface area contributed by atoms with E-state index < -0.39 is 16.1 Å². The molecule has 0 radical (unpaired) electrons. The van der Waals surface area contributed by atoms with E-state index in [1.165, 1.54) is 17.7 Å². The third-order valence-electron chi connectivity index (χ3n) is 3.06. The topological polar surface area (TPSA) is 140 Å². The lowest BCUT2D eigenvalue weighted by Crippen LogP contribution is -2.35. The van der Waals surface area contributed by atoms with E-state index in [4.69, 9.17) is 4.74 Å². The molecule has 3 aromatic rings. The Morgan fingerprint density at radius 3 is 2.73 bits per heavy atom. The van der Waals surface area contributed by atoms with Crippen molar-refractivity contribution >= 4 is 43.6 Å². The molecule has 2 amide bonds. The number of fused-ring (bicyclic) bond motifs is 1. The number of rotatable bonds is 4. The first-order chi connectivity index (χ1) is 12.3. The quantitative estimate of drug-likeness (QED) is 0.612. The van der Waals surface area contributed by atoms with E-state index in [9.17, 15) is 13.2 Å². The number of sulfonamides is 1. The molecular weight excluding hydrogens is 430 g/mol. The molecule has 3 rings (SSSR count). The van der Waals surface area contributed by atoms with E-state index in [1.54, 1.807) is 25.1 Å². The number of ether oxygens (including phenoxy) is 1. The predicted octanol–water partition coefficient (Wildman–Crippen LogP) is 1.11. The highest BCUT2D eigenvalue weighted by molar-refractivity contribution is 9.10. The van der Waals surface area contributed by atoms with Crippen molar-refractivity contribution in [2.24, 2.45) is 0 Å². The molecule has 0 aliphatic carbocycles. The number of methoxy groups -OCH3 is 1. The Hall–Kier alpha value is -2.80.